The Labute approximate surface area is 168 Å². The number of unbranched alkanes of at least 4 members (excludes halogenated alkanes) is 1. The molecule has 2 rings (SSSR count). The first-order valence-corrected chi connectivity index (χ1v) is 9.04. The minimum Gasteiger partial charge on any atom is -0.490 e. The molecular formula is C18H32IN5O. The van der Waals surface area contributed by atoms with Crippen LogP contribution in [0, 0.1) is 0 Å². The summed E-state index contributed by atoms with van der Waals surface area (Å²) in [5, 5.41) is 6.84. The third kappa shape index (κ3) is 8.71. The van der Waals surface area contributed by atoms with Crippen molar-refractivity contribution in [3.05, 3.63) is 24.5 Å². The molecule has 0 radical (unpaired) electrons. The van der Waals surface area contributed by atoms with Crippen LogP contribution in [0.2, 0.25) is 0 Å². The Bertz CT molecular complexity index is 478. The van der Waals surface area contributed by atoms with Crippen LogP contribution in [0.15, 0.2) is 29.5 Å². The van der Waals surface area contributed by atoms with Crippen molar-refractivity contribution in [2.75, 3.05) is 39.8 Å². The van der Waals surface area contributed by atoms with Crippen LogP contribution in [0.1, 0.15) is 32.6 Å². The Morgan fingerprint density at radius 1 is 1.40 bits per heavy atom. The van der Waals surface area contributed by atoms with E-state index in [1.807, 2.05) is 19.2 Å². The number of aliphatic imine (C=N–C) groups is 1. The molecule has 0 amide bonds. The molecule has 0 spiro atoms. The van der Waals surface area contributed by atoms with Crippen LogP contribution >= 0.6 is 24.0 Å². The lowest BCUT2D eigenvalue weighted by atomic mass is 10.0. The summed E-state index contributed by atoms with van der Waals surface area (Å²) in [7, 11) is 1.81. The van der Waals surface area contributed by atoms with Gasteiger partial charge in [-0.2, -0.15) is 0 Å². The molecular weight excluding hydrogens is 429 g/mol. The number of likely N-dealkylation sites (tertiary alicyclic amines) is 1. The molecule has 1 fully saturated rings. The minimum absolute atomic E-state index is 0. The van der Waals surface area contributed by atoms with Crippen molar-refractivity contribution in [3.8, 4) is 5.75 Å². The van der Waals surface area contributed by atoms with Gasteiger partial charge in [0.05, 0.1) is 12.7 Å². The van der Waals surface area contributed by atoms with Crippen LogP contribution < -0.4 is 15.4 Å². The van der Waals surface area contributed by atoms with E-state index >= 15 is 0 Å². The first kappa shape index (κ1) is 22.0. The maximum absolute atomic E-state index is 5.63. The topological polar surface area (TPSA) is 61.8 Å². The second-order valence-electron chi connectivity index (χ2n) is 6.15. The Morgan fingerprint density at radius 2 is 2.20 bits per heavy atom. The molecule has 1 aliphatic heterocycles. The number of ether oxygens (including phenoxy) is 1. The van der Waals surface area contributed by atoms with Crippen molar-refractivity contribution in [3.63, 3.8) is 0 Å². The SMILES string of the molecule is CCCCN1CCC(NC(=NC)NCCOc2cccnc2)CC1.I. The average Bonchev–Trinajstić information content (AvgIpc) is 2.64. The van der Waals surface area contributed by atoms with E-state index in [1.165, 1.54) is 45.3 Å². The van der Waals surface area contributed by atoms with Crippen molar-refractivity contribution in [2.45, 2.75) is 38.6 Å². The second-order valence-corrected chi connectivity index (χ2v) is 6.15. The molecule has 0 bridgehead atoms. The zero-order valence-electron chi connectivity index (χ0n) is 15.4. The van der Waals surface area contributed by atoms with E-state index in [0.717, 1.165) is 11.7 Å². The van der Waals surface area contributed by atoms with Gasteiger partial charge < -0.3 is 20.3 Å². The lowest BCUT2D eigenvalue weighted by molar-refractivity contribution is 0.203. The van der Waals surface area contributed by atoms with Crippen molar-refractivity contribution in [1.29, 1.82) is 0 Å². The van der Waals surface area contributed by atoms with Gasteiger partial charge in [-0.05, 0) is 37.9 Å². The maximum atomic E-state index is 5.63. The molecule has 1 saturated heterocycles. The largest absolute Gasteiger partial charge is 0.490 e. The van der Waals surface area contributed by atoms with Crippen LogP contribution in [0.25, 0.3) is 0 Å². The molecule has 142 valence electrons. The fourth-order valence-electron chi connectivity index (χ4n) is 2.84. The zero-order valence-corrected chi connectivity index (χ0v) is 17.7. The van der Waals surface area contributed by atoms with Gasteiger partial charge in [-0.1, -0.05) is 13.3 Å². The Morgan fingerprint density at radius 3 is 2.84 bits per heavy atom. The van der Waals surface area contributed by atoms with Crippen molar-refractivity contribution in [2.24, 2.45) is 4.99 Å². The van der Waals surface area contributed by atoms with Gasteiger partial charge in [0.15, 0.2) is 5.96 Å². The molecule has 0 aliphatic carbocycles. The predicted molar refractivity (Wildman–Crippen MR) is 114 cm³/mol. The van der Waals surface area contributed by atoms with Crippen LogP contribution in [-0.2, 0) is 0 Å². The summed E-state index contributed by atoms with van der Waals surface area (Å²) in [5.74, 6) is 1.65. The molecule has 0 aromatic carbocycles. The molecule has 0 atom stereocenters. The molecule has 1 aromatic heterocycles. The first-order valence-electron chi connectivity index (χ1n) is 9.04. The van der Waals surface area contributed by atoms with Crippen LogP contribution in [-0.4, -0.2) is 61.7 Å². The van der Waals surface area contributed by atoms with Gasteiger partial charge in [0, 0.05) is 32.4 Å². The summed E-state index contributed by atoms with van der Waals surface area (Å²) >= 11 is 0. The number of nitrogens with zero attached hydrogens (tertiary/aromatic N) is 3. The lowest BCUT2D eigenvalue weighted by Crippen LogP contribution is -2.49. The monoisotopic (exact) mass is 461 g/mol. The Kier molecular flexibility index (Phi) is 11.6. The third-order valence-electron chi connectivity index (χ3n) is 4.28. The summed E-state index contributed by atoms with van der Waals surface area (Å²) in [6, 6.07) is 4.29. The highest BCUT2D eigenvalue weighted by molar-refractivity contribution is 14.0. The van der Waals surface area contributed by atoms with E-state index in [1.54, 1.807) is 12.4 Å². The van der Waals surface area contributed by atoms with E-state index in [0.29, 0.717) is 19.2 Å². The Hall–Kier alpha value is -1.09. The number of hydrogen-bond acceptors (Lipinski definition) is 4. The highest BCUT2D eigenvalue weighted by Gasteiger charge is 2.19. The molecule has 7 heteroatoms. The number of nitrogens with one attached hydrogen (secondary N) is 2. The molecule has 6 nitrogen and oxygen atoms in total. The van der Waals surface area contributed by atoms with E-state index in [9.17, 15) is 0 Å². The number of halogens is 1. The van der Waals surface area contributed by atoms with Gasteiger partial charge in [-0.25, -0.2) is 0 Å². The van der Waals surface area contributed by atoms with E-state index in [-0.39, 0.29) is 24.0 Å². The second kappa shape index (κ2) is 13.2. The first-order chi connectivity index (χ1) is 11.8. The van der Waals surface area contributed by atoms with Gasteiger partial charge in [-0.3, -0.25) is 9.98 Å². The van der Waals surface area contributed by atoms with Crippen molar-refractivity contribution < 1.29 is 4.74 Å². The smallest absolute Gasteiger partial charge is 0.191 e. The number of pyridine rings is 1. The molecule has 1 aromatic rings. The highest BCUT2D eigenvalue weighted by Crippen LogP contribution is 2.11. The zero-order chi connectivity index (χ0) is 17.0. The standard InChI is InChI=1S/C18H31N5O.HI/c1-3-4-11-23-12-7-16(8-13-23)22-18(19-2)21-10-14-24-17-6-5-9-20-15-17;/h5-6,9,15-16H,3-4,7-8,10-14H2,1-2H3,(H2,19,21,22);1H. The normalized spacial score (nSPS) is 16.2. The number of guanidine groups is 1. The van der Waals surface area contributed by atoms with Gasteiger partial charge in [-0.15, -0.1) is 24.0 Å². The summed E-state index contributed by atoms with van der Waals surface area (Å²) in [6.45, 7) is 7.15. The molecule has 25 heavy (non-hydrogen) atoms. The van der Waals surface area contributed by atoms with Gasteiger partial charge in [0.25, 0.3) is 0 Å². The van der Waals surface area contributed by atoms with E-state index in [2.05, 4.69) is 32.4 Å². The fraction of sp³-hybridized carbons (Fsp3) is 0.667. The van der Waals surface area contributed by atoms with Gasteiger partial charge in [0.1, 0.15) is 12.4 Å². The fourth-order valence-corrected chi connectivity index (χ4v) is 2.84. The molecule has 1 aliphatic rings. The molecule has 2 heterocycles. The number of aromatic nitrogens is 1. The van der Waals surface area contributed by atoms with Crippen LogP contribution in [0.5, 0.6) is 5.75 Å². The van der Waals surface area contributed by atoms with Crippen molar-refractivity contribution >= 4 is 29.9 Å². The quantitative estimate of drug-likeness (QED) is 0.270. The van der Waals surface area contributed by atoms with Gasteiger partial charge >= 0.3 is 0 Å². The number of hydrogen-bond donors (Lipinski definition) is 2. The molecule has 2 N–H and O–H groups in total. The number of piperidine rings is 1. The summed E-state index contributed by atoms with van der Waals surface area (Å²) < 4.78 is 5.63. The highest BCUT2D eigenvalue weighted by atomic mass is 127. The maximum Gasteiger partial charge on any atom is 0.191 e. The summed E-state index contributed by atoms with van der Waals surface area (Å²) in [6.07, 6.45) is 8.39. The third-order valence-corrected chi connectivity index (χ3v) is 4.28. The lowest BCUT2D eigenvalue weighted by Gasteiger charge is -2.33. The van der Waals surface area contributed by atoms with Gasteiger partial charge in [0.2, 0.25) is 0 Å². The molecule has 0 saturated carbocycles. The number of rotatable bonds is 8. The van der Waals surface area contributed by atoms with Crippen LogP contribution in [0.4, 0.5) is 0 Å². The summed E-state index contributed by atoms with van der Waals surface area (Å²) in [4.78, 5) is 10.9. The van der Waals surface area contributed by atoms with Crippen LogP contribution in [0.3, 0.4) is 0 Å². The summed E-state index contributed by atoms with van der Waals surface area (Å²) in [5.41, 5.74) is 0. The van der Waals surface area contributed by atoms with E-state index < -0.39 is 0 Å². The Balaban J connectivity index is 0.00000312. The molecule has 0 unspecified atom stereocenters. The van der Waals surface area contributed by atoms with Crippen molar-refractivity contribution in [1.82, 2.24) is 20.5 Å². The predicted octanol–water partition coefficient (Wildman–Crippen LogP) is 2.51. The van der Waals surface area contributed by atoms with E-state index in [4.69, 9.17) is 4.74 Å². The minimum atomic E-state index is 0. The average molecular weight is 461 g/mol.